The first-order valence-corrected chi connectivity index (χ1v) is 12.2. The predicted octanol–water partition coefficient (Wildman–Crippen LogP) is 4.28. The van der Waals surface area contributed by atoms with E-state index in [1.54, 1.807) is 14.2 Å². The van der Waals surface area contributed by atoms with Crippen LogP contribution in [0.5, 0.6) is 11.5 Å². The molecule has 0 bridgehead atoms. The zero-order valence-electron chi connectivity index (χ0n) is 20.7. The second kappa shape index (κ2) is 12.3. The second-order valence-corrected chi connectivity index (χ2v) is 8.87. The molecule has 3 aromatic rings. The quantitative estimate of drug-likeness (QED) is 0.477. The highest BCUT2D eigenvalue weighted by atomic mass is 16.5. The van der Waals surface area contributed by atoms with E-state index in [0.717, 1.165) is 49.8 Å². The first-order valence-electron chi connectivity index (χ1n) is 12.2. The van der Waals surface area contributed by atoms with E-state index in [2.05, 4.69) is 63.6 Å². The molecule has 184 valence electrons. The SMILES string of the molecule is COc1cc(CCC(=O)NCc2ccccc2CN2CCN(c3ccccc3)CC2)cc(OC)c1. The van der Waals surface area contributed by atoms with Crippen LogP contribution >= 0.6 is 0 Å². The van der Waals surface area contributed by atoms with Gasteiger partial charge in [0.15, 0.2) is 0 Å². The molecule has 35 heavy (non-hydrogen) atoms. The molecule has 4 rings (SSSR count). The van der Waals surface area contributed by atoms with Gasteiger partial charge >= 0.3 is 0 Å². The molecule has 1 aliphatic heterocycles. The molecule has 0 aromatic heterocycles. The van der Waals surface area contributed by atoms with Gasteiger partial charge in [0.2, 0.25) is 5.91 Å². The van der Waals surface area contributed by atoms with Crippen molar-refractivity contribution < 1.29 is 14.3 Å². The Labute approximate surface area is 208 Å². The Balaban J connectivity index is 1.27. The summed E-state index contributed by atoms with van der Waals surface area (Å²) in [5.74, 6) is 1.51. The zero-order chi connectivity index (χ0) is 24.5. The van der Waals surface area contributed by atoms with Crippen LogP contribution in [-0.2, 0) is 24.3 Å². The summed E-state index contributed by atoms with van der Waals surface area (Å²) >= 11 is 0. The summed E-state index contributed by atoms with van der Waals surface area (Å²) in [6.07, 6.45) is 1.05. The first kappa shape index (κ1) is 24.6. The number of nitrogens with zero attached hydrogens (tertiary/aromatic N) is 2. The molecule has 0 aliphatic carbocycles. The Hall–Kier alpha value is -3.51. The van der Waals surface area contributed by atoms with Crippen LogP contribution in [0.1, 0.15) is 23.1 Å². The molecule has 0 radical (unpaired) electrons. The van der Waals surface area contributed by atoms with Crippen LogP contribution < -0.4 is 19.7 Å². The molecule has 0 unspecified atom stereocenters. The van der Waals surface area contributed by atoms with Gasteiger partial charge in [-0.15, -0.1) is 0 Å². The summed E-state index contributed by atoms with van der Waals surface area (Å²) in [4.78, 5) is 17.5. The Bertz CT molecular complexity index is 1070. The van der Waals surface area contributed by atoms with Crippen molar-refractivity contribution in [3.63, 3.8) is 0 Å². The number of amides is 1. The lowest BCUT2D eigenvalue weighted by atomic mass is 10.1. The average Bonchev–Trinajstić information content (AvgIpc) is 2.92. The molecule has 1 aliphatic rings. The van der Waals surface area contributed by atoms with Gasteiger partial charge in [0.25, 0.3) is 0 Å². The van der Waals surface area contributed by atoms with Crippen LogP contribution in [0.4, 0.5) is 5.69 Å². The number of hydrogen-bond donors (Lipinski definition) is 1. The van der Waals surface area contributed by atoms with E-state index in [9.17, 15) is 4.79 Å². The van der Waals surface area contributed by atoms with Gasteiger partial charge in [-0.2, -0.15) is 0 Å². The number of hydrogen-bond acceptors (Lipinski definition) is 5. The normalized spacial score (nSPS) is 13.9. The number of methoxy groups -OCH3 is 2. The van der Waals surface area contributed by atoms with Crippen LogP contribution in [0.25, 0.3) is 0 Å². The van der Waals surface area contributed by atoms with Crippen LogP contribution in [0, 0.1) is 0 Å². The van der Waals surface area contributed by atoms with Crippen molar-refractivity contribution in [2.45, 2.75) is 25.9 Å². The summed E-state index contributed by atoms with van der Waals surface area (Å²) in [7, 11) is 3.26. The van der Waals surface area contributed by atoms with Gasteiger partial charge in [-0.1, -0.05) is 42.5 Å². The fraction of sp³-hybridized carbons (Fsp3) is 0.345. The van der Waals surface area contributed by atoms with Crippen molar-refractivity contribution in [3.05, 3.63) is 89.5 Å². The number of piperazine rings is 1. The summed E-state index contributed by atoms with van der Waals surface area (Å²) in [5, 5.41) is 3.10. The summed E-state index contributed by atoms with van der Waals surface area (Å²) in [5.41, 5.74) is 4.77. The monoisotopic (exact) mass is 473 g/mol. The van der Waals surface area contributed by atoms with E-state index in [-0.39, 0.29) is 5.91 Å². The van der Waals surface area contributed by atoms with Gasteiger partial charge in [-0.25, -0.2) is 0 Å². The number of rotatable bonds is 10. The molecular weight excluding hydrogens is 438 g/mol. The molecule has 1 N–H and O–H groups in total. The van der Waals surface area contributed by atoms with Crippen molar-refractivity contribution in [1.29, 1.82) is 0 Å². The third-order valence-corrected chi connectivity index (χ3v) is 6.53. The number of ether oxygens (including phenoxy) is 2. The highest BCUT2D eigenvalue weighted by Crippen LogP contribution is 2.23. The maximum Gasteiger partial charge on any atom is 0.220 e. The first-order chi connectivity index (χ1) is 17.1. The fourth-order valence-electron chi connectivity index (χ4n) is 4.48. The number of para-hydroxylation sites is 1. The molecule has 1 fully saturated rings. The lowest BCUT2D eigenvalue weighted by molar-refractivity contribution is -0.121. The van der Waals surface area contributed by atoms with E-state index in [1.165, 1.54) is 16.8 Å². The van der Waals surface area contributed by atoms with Crippen molar-refractivity contribution in [1.82, 2.24) is 10.2 Å². The molecule has 6 heteroatoms. The molecule has 0 spiro atoms. The maximum absolute atomic E-state index is 12.6. The lowest BCUT2D eigenvalue weighted by Gasteiger charge is -2.36. The topological polar surface area (TPSA) is 54.0 Å². The molecule has 0 atom stereocenters. The minimum absolute atomic E-state index is 0.0399. The summed E-state index contributed by atoms with van der Waals surface area (Å²) in [6, 6.07) is 24.8. The maximum atomic E-state index is 12.6. The Morgan fingerprint density at radius 2 is 1.46 bits per heavy atom. The highest BCUT2D eigenvalue weighted by molar-refractivity contribution is 5.76. The fourth-order valence-corrected chi connectivity index (χ4v) is 4.48. The Morgan fingerprint density at radius 3 is 2.11 bits per heavy atom. The van der Waals surface area contributed by atoms with Crippen LogP contribution in [0.3, 0.4) is 0 Å². The second-order valence-electron chi connectivity index (χ2n) is 8.87. The predicted molar refractivity (Wildman–Crippen MR) is 140 cm³/mol. The van der Waals surface area contributed by atoms with Crippen LogP contribution in [0.2, 0.25) is 0 Å². The van der Waals surface area contributed by atoms with Crippen molar-refractivity contribution in [2.24, 2.45) is 0 Å². The standard InChI is InChI=1S/C29H35N3O3/c1-34-27-18-23(19-28(20-27)35-2)12-13-29(33)30-21-24-8-6-7-9-25(24)22-31-14-16-32(17-15-31)26-10-4-3-5-11-26/h3-11,18-20H,12-17,21-22H2,1-2H3,(H,30,33). The van der Waals surface area contributed by atoms with Gasteiger partial charge in [-0.05, 0) is 47.4 Å². The van der Waals surface area contributed by atoms with E-state index < -0.39 is 0 Å². The van der Waals surface area contributed by atoms with Crippen molar-refractivity contribution in [3.8, 4) is 11.5 Å². The van der Waals surface area contributed by atoms with Gasteiger partial charge in [0, 0.05) is 57.4 Å². The van der Waals surface area contributed by atoms with Crippen molar-refractivity contribution in [2.75, 3.05) is 45.3 Å². The number of carbonyl (C=O) groups excluding carboxylic acids is 1. The van der Waals surface area contributed by atoms with Crippen molar-refractivity contribution >= 4 is 11.6 Å². The third kappa shape index (κ3) is 6.99. The number of benzene rings is 3. The van der Waals surface area contributed by atoms with Crippen LogP contribution in [0.15, 0.2) is 72.8 Å². The number of nitrogens with one attached hydrogen (secondary N) is 1. The van der Waals surface area contributed by atoms with E-state index in [1.807, 2.05) is 24.3 Å². The Morgan fingerprint density at radius 1 is 0.829 bits per heavy atom. The number of carbonyl (C=O) groups is 1. The van der Waals surface area contributed by atoms with Gasteiger partial charge in [0.1, 0.15) is 11.5 Å². The molecule has 0 saturated carbocycles. The molecular formula is C29H35N3O3. The van der Waals surface area contributed by atoms with Crippen LogP contribution in [-0.4, -0.2) is 51.2 Å². The Kier molecular flexibility index (Phi) is 8.63. The largest absolute Gasteiger partial charge is 0.497 e. The molecule has 3 aromatic carbocycles. The lowest BCUT2D eigenvalue weighted by Crippen LogP contribution is -2.46. The number of aryl methyl sites for hydroxylation is 1. The third-order valence-electron chi connectivity index (χ3n) is 6.53. The molecule has 1 amide bonds. The van der Waals surface area contributed by atoms with E-state index in [4.69, 9.17) is 9.47 Å². The number of anilines is 1. The summed E-state index contributed by atoms with van der Waals surface area (Å²) in [6.45, 7) is 5.55. The smallest absolute Gasteiger partial charge is 0.220 e. The van der Waals surface area contributed by atoms with E-state index >= 15 is 0 Å². The average molecular weight is 474 g/mol. The zero-order valence-corrected chi connectivity index (χ0v) is 20.7. The molecule has 1 saturated heterocycles. The molecule has 1 heterocycles. The minimum Gasteiger partial charge on any atom is -0.497 e. The minimum atomic E-state index is 0.0399. The van der Waals surface area contributed by atoms with Gasteiger partial charge in [-0.3, -0.25) is 9.69 Å². The van der Waals surface area contributed by atoms with Gasteiger partial charge in [0.05, 0.1) is 14.2 Å². The summed E-state index contributed by atoms with van der Waals surface area (Å²) < 4.78 is 10.7. The van der Waals surface area contributed by atoms with Gasteiger partial charge < -0.3 is 19.7 Å². The molecule has 6 nitrogen and oxygen atoms in total. The highest BCUT2D eigenvalue weighted by Gasteiger charge is 2.18. The van der Waals surface area contributed by atoms with E-state index in [0.29, 0.717) is 19.4 Å².